The first-order valence-electron chi connectivity index (χ1n) is 7.13. The minimum Gasteiger partial charge on any atom is -0.313 e. The molecule has 4 heteroatoms. The molecule has 0 radical (unpaired) electrons. The third-order valence-corrected chi connectivity index (χ3v) is 3.55. The van der Waals surface area contributed by atoms with Crippen LogP contribution in [0, 0.1) is 5.41 Å². The number of hydrogen-bond acceptors (Lipinski definition) is 3. The Kier molecular flexibility index (Phi) is 4.23. The fourth-order valence-corrected chi connectivity index (χ4v) is 2.42. The van der Waals surface area contributed by atoms with Crippen LogP contribution in [0.5, 0.6) is 0 Å². The minimum absolute atomic E-state index is 0.110. The van der Waals surface area contributed by atoms with E-state index >= 15 is 0 Å². The first kappa shape index (κ1) is 14.7. The second-order valence-corrected chi connectivity index (χ2v) is 5.94. The third-order valence-electron chi connectivity index (χ3n) is 3.55. The molecule has 0 unspecified atom stereocenters. The molecule has 2 amide bonds. The van der Waals surface area contributed by atoms with Crippen LogP contribution >= 0.6 is 0 Å². The molecule has 0 atom stereocenters. The first-order chi connectivity index (χ1) is 9.45. The summed E-state index contributed by atoms with van der Waals surface area (Å²) in [6.07, 6.45) is 1.36. The van der Waals surface area contributed by atoms with Gasteiger partial charge < -0.3 is 5.32 Å². The van der Waals surface area contributed by atoms with Crippen molar-refractivity contribution in [2.24, 2.45) is 5.41 Å². The van der Waals surface area contributed by atoms with Crippen LogP contribution in [0.4, 0.5) is 5.69 Å². The third kappa shape index (κ3) is 2.90. The molecule has 20 heavy (non-hydrogen) atoms. The van der Waals surface area contributed by atoms with Crippen molar-refractivity contribution in [3.05, 3.63) is 29.8 Å². The zero-order chi connectivity index (χ0) is 14.8. The van der Waals surface area contributed by atoms with Crippen molar-refractivity contribution in [2.45, 2.75) is 40.2 Å². The first-order valence-corrected chi connectivity index (χ1v) is 7.13. The Morgan fingerprint density at radius 2 is 2.05 bits per heavy atom. The largest absolute Gasteiger partial charge is 0.313 e. The molecule has 0 spiro atoms. The highest BCUT2D eigenvalue weighted by Gasteiger charge is 2.45. The molecule has 2 rings (SSSR count). The maximum Gasteiger partial charge on any atom is 0.239 e. The average Bonchev–Trinajstić information content (AvgIpc) is 2.59. The smallest absolute Gasteiger partial charge is 0.239 e. The SMILES string of the molecule is CCCNCc1cccc(N2C(=O)CC(C)(C)C2=O)c1. The summed E-state index contributed by atoms with van der Waals surface area (Å²) >= 11 is 0. The van der Waals surface area contributed by atoms with E-state index in [2.05, 4.69) is 12.2 Å². The Balaban J connectivity index is 2.19. The van der Waals surface area contributed by atoms with E-state index in [0.29, 0.717) is 5.69 Å². The summed E-state index contributed by atoms with van der Waals surface area (Å²) in [5.74, 6) is -0.222. The Bertz CT molecular complexity index is 523. The quantitative estimate of drug-likeness (QED) is 0.663. The molecule has 0 aliphatic carbocycles. The summed E-state index contributed by atoms with van der Waals surface area (Å²) in [7, 11) is 0. The van der Waals surface area contributed by atoms with Gasteiger partial charge in [-0.25, -0.2) is 0 Å². The van der Waals surface area contributed by atoms with Gasteiger partial charge in [0.2, 0.25) is 11.8 Å². The van der Waals surface area contributed by atoms with Gasteiger partial charge in [0.05, 0.1) is 11.1 Å². The van der Waals surface area contributed by atoms with E-state index in [0.717, 1.165) is 25.1 Å². The second kappa shape index (κ2) is 5.75. The van der Waals surface area contributed by atoms with Gasteiger partial charge in [-0.1, -0.05) is 32.9 Å². The van der Waals surface area contributed by atoms with Crippen LogP contribution in [0.25, 0.3) is 0 Å². The standard InChI is InChI=1S/C16H22N2O2/c1-4-8-17-11-12-6-5-7-13(9-12)18-14(19)10-16(2,3)15(18)20/h5-7,9,17H,4,8,10-11H2,1-3H3. The van der Waals surface area contributed by atoms with E-state index in [1.165, 1.54) is 4.90 Å². The molecule has 1 fully saturated rings. The van der Waals surface area contributed by atoms with Crippen molar-refractivity contribution in [1.29, 1.82) is 0 Å². The lowest BCUT2D eigenvalue weighted by atomic mass is 9.92. The van der Waals surface area contributed by atoms with Gasteiger partial charge >= 0.3 is 0 Å². The lowest BCUT2D eigenvalue weighted by Crippen LogP contribution is -2.33. The fraction of sp³-hybridized carbons (Fsp3) is 0.500. The molecule has 1 N–H and O–H groups in total. The van der Waals surface area contributed by atoms with Crippen LogP contribution in [0.2, 0.25) is 0 Å². The van der Waals surface area contributed by atoms with Crippen molar-refractivity contribution in [2.75, 3.05) is 11.4 Å². The molecular weight excluding hydrogens is 252 g/mol. The highest BCUT2D eigenvalue weighted by Crippen LogP contribution is 2.35. The van der Waals surface area contributed by atoms with Gasteiger partial charge in [0, 0.05) is 13.0 Å². The molecule has 1 heterocycles. The number of rotatable bonds is 5. The van der Waals surface area contributed by atoms with Gasteiger partial charge in [0.15, 0.2) is 0 Å². The molecule has 1 aromatic rings. The maximum absolute atomic E-state index is 12.3. The van der Waals surface area contributed by atoms with Crippen molar-refractivity contribution < 1.29 is 9.59 Å². The average molecular weight is 274 g/mol. The van der Waals surface area contributed by atoms with Crippen molar-refractivity contribution in [1.82, 2.24) is 5.32 Å². The summed E-state index contributed by atoms with van der Waals surface area (Å²) in [6, 6.07) is 7.63. The van der Waals surface area contributed by atoms with Crippen LogP contribution < -0.4 is 10.2 Å². The summed E-state index contributed by atoms with van der Waals surface area (Å²) < 4.78 is 0. The van der Waals surface area contributed by atoms with Crippen LogP contribution in [0.1, 0.15) is 39.2 Å². The van der Waals surface area contributed by atoms with Crippen LogP contribution in [0.15, 0.2) is 24.3 Å². The van der Waals surface area contributed by atoms with E-state index in [1.54, 1.807) is 0 Å². The number of carbonyl (C=O) groups is 2. The molecule has 1 aromatic carbocycles. The number of nitrogens with one attached hydrogen (secondary N) is 1. The Hall–Kier alpha value is -1.68. The van der Waals surface area contributed by atoms with Gasteiger partial charge in [0.1, 0.15) is 0 Å². The van der Waals surface area contributed by atoms with E-state index in [4.69, 9.17) is 0 Å². The molecule has 0 bridgehead atoms. The van der Waals surface area contributed by atoms with Crippen LogP contribution in [0.3, 0.4) is 0 Å². The molecule has 0 saturated carbocycles. The minimum atomic E-state index is -0.590. The molecule has 1 saturated heterocycles. The number of amides is 2. The zero-order valence-electron chi connectivity index (χ0n) is 12.4. The highest BCUT2D eigenvalue weighted by atomic mass is 16.2. The summed E-state index contributed by atoms with van der Waals surface area (Å²) in [5, 5.41) is 3.32. The number of nitrogens with zero attached hydrogens (tertiary/aromatic N) is 1. The lowest BCUT2D eigenvalue weighted by molar-refractivity contribution is -0.124. The number of hydrogen-bond donors (Lipinski definition) is 1. The van der Waals surface area contributed by atoms with Crippen molar-refractivity contribution >= 4 is 17.5 Å². The highest BCUT2D eigenvalue weighted by molar-refractivity contribution is 6.22. The van der Waals surface area contributed by atoms with E-state index in [9.17, 15) is 9.59 Å². The van der Waals surface area contributed by atoms with Gasteiger partial charge in [-0.2, -0.15) is 0 Å². The second-order valence-electron chi connectivity index (χ2n) is 5.94. The van der Waals surface area contributed by atoms with Crippen LogP contribution in [-0.2, 0) is 16.1 Å². The Labute approximate surface area is 120 Å². The number of imide groups is 1. The molecule has 1 aliphatic rings. The summed E-state index contributed by atoms with van der Waals surface area (Å²) in [6.45, 7) is 7.47. The van der Waals surface area contributed by atoms with Crippen molar-refractivity contribution in [3.8, 4) is 0 Å². The predicted molar refractivity (Wildman–Crippen MR) is 79.3 cm³/mol. The molecule has 0 aromatic heterocycles. The topological polar surface area (TPSA) is 49.4 Å². The van der Waals surface area contributed by atoms with Gasteiger partial charge in [-0.15, -0.1) is 0 Å². The number of anilines is 1. The summed E-state index contributed by atoms with van der Waals surface area (Å²) in [4.78, 5) is 25.7. The fourth-order valence-electron chi connectivity index (χ4n) is 2.42. The monoisotopic (exact) mass is 274 g/mol. The Morgan fingerprint density at radius 1 is 1.30 bits per heavy atom. The lowest BCUT2D eigenvalue weighted by Gasteiger charge is -2.18. The van der Waals surface area contributed by atoms with Gasteiger partial charge in [-0.05, 0) is 30.7 Å². The summed E-state index contributed by atoms with van der Waals surface area (Å²) in [5.41, 5.74) is 1.18. The number of benzene rings is 1. The van der Waals surface area contributed by atoms with Gasteiger partial charge in [-0.3, -0.25) is 14.5 Å². The predicted octanol–water partition coefficient (Wildman–Crippen LogP) is 2.48. The Morgan fingerprint density at radius 3 is 2.65 bits per heavy atom. The van der Waals surface area contributed by atoms with E-state index < -0.39 is 5.41 Å². The van der Waals surface area contributed by atoms with E-state index in [1.807, 2.05) is 38.1 Å². The zero-order valence-corrected chi connectivity index (χ0v) is 12.4. The maximum atomic E-state index is 12.3. The van der Waals surface area contributed by atoms with Crippen LogP contribution in [-0.4, -0.2) is 18.4 Å². The molecule has 1 aliphatic heterocycles. The van der Waals surface area contributed by atoms with E-state index in [-0.39, 0.29) is 18.2 Å². The molecule has 4 nitrogen and oxygen atoms in total. The molecule has 108 valence electrons. The van der Waals surface area contributed by atoms with Crippen molar-refractivity contribution in [3.63, 3.8) is 0 Å². The van der Waals surface area contributed by atoms with Gasteiger partial charge in [0.25, 0.3) is 0 Å². The number of carbonyl (C=O) groups excluding carboxylic acids is 2. The normalized spacial score (nSPS) is 17.9. The molecular formula is C16H22N2O2.